The van der Waals surface area contributed by atoms with Crippen LogP contribution >= 0.6 is 0 Å². The molecule has 1 atom stereocenters. The van der Waals surface area contributed by atoms with Gasteiger partial charge in [0.1, 0.15) is 12.4 Å². The lowest BCUT2D eigenvalue weighted by Crippen LogP contribution is -2.33. The van der Waals surface area contributed by atoms with E-state index in [1.807, 2.05) is 6.20 Å². The van der Waals surface area contributed by atoms with Crippen LogP contribution in [-0.2, 0) is 17.9 Å². The standard InChI is InChI=1S/C16H23N5O2/c1-22-10-14-18-16(20-19-14)13-4-2-3-7-21(13)9-12-8-17-23-15(12)11-5-6-11/h8,11,13H,2-7,9-10H2,1H3,(H,18,19,20)/t13-/m0/s1. The van der Waals surface area contributed by atoms with Gasteiger partial charge in [-0.25, -0.2) is 4.98 Å². The molecule has 1 aliphatic heterocycles. The molecule has 23 heavy (non-hydrogen) atoms. The van der Waals surface area contributed by atoms with Crippen LogP contribution in [0, 0.1) is 0 Å². The van der Waals surface area contributed by atoms with E-state index >= 15 is 0 Å². The molecule has 0 unspecified atom stereocenters. The summed E-state index contributed by atoms with van der Waals surface area (Å²) in [6, 6.07) is 0.257. The summed E-state index contributed by atoms with van der Waals surface area (Å²) < 4.78 is 10.6. The van der Waals surface area contributed by atoms with E-state index in [0.717, 1.165) is 36.9 Å². The summed E-state index contributed by atoms with van der Waals surface area (Å²) in [7, 11) is 1.67. The highest BCUT2D eigenvalue weighted by atomic mass is 16.5. The Morgan fingerprint density at radius 1 is 1.35 bits per heavy atom. The van der Waals surface area contributed by atoms with Crippen LogP contribution in [0.2, 0.25) is 0 Å². The van der Waals surface area contributed by atoms with Gasteiger partial charge in [0.15, 0.2) is 11.6 Å². The number of aromatic nitrogens is 4. The lowest BCUT2D eigenvalue weighted by atomic mass is 10.0. The highest BCUT2D eigenvalue weighted by Crippen LogP contribution is 2.42. The summed E-state index contributed by atoms with van der Waals surface area (Å²) in [5.41, 5.74) is 1.23. The van der Waals surface area contributed by atoms with Gasteiger partial charge >= 0.3 is 0 Å². The molecule has 1 N–H and O–H groups in total. The minimum absolute atomic E-state index is 0.257. The molecule has 2 aliphatic rings. The molecule has 0 bridgehead atoms. The number of hydrogen-bond donors (Lipinski definition) is 1. The lowest BCUT2D eigenvalue weighted by molar-refractivity contribution is 0.132. The van der Waals surface area contributed by atoms with Gasteiger partial charge in [-0.15, -0.1) is 0 Å². The van der Waals surface area contributed by atoms with Gasteiger partial charge in [-0.05, 0) is 32.2 Å². The highest BCUT2D eigenvalue weighted by Gasteiger charge is 2.33. The topological polar surface area (TPSA) is 80.1 Å². The molecule has 0 radical (unpaired) electrons. The number of hydrogen-bond acceptors (Lipinski definition) is 6. The summed E-state index contributed by atoms with van der Waals surface area (Å²) in [5, 5.41) is 11.4. The van der Waals surface area contributed by atoms with Crippen molar-refractivity contribution in [3.8, 4) is 0 Å². The van der Waals surface area contributed by atoms with Gasteiger partial charge in [-0.3, -0.25) is 10.00 Å². The van der Waals surface area contributed by atoms with Crippen molar-refractivity contribution in [2.75, 3.05) is 13.7 Å². The first-order valence-electron chi connectivity index (χ1n) is 8.42. The quantitative estimate of drug-likeness (QED) is 0.882. The van der Waals surface area contributed by atoms with Crippen LogP contribution in [0.25, 0.3) is 0 Å². The Morgan fingerprint density at radius 3 is 3.09 bits per heavy atom. The van der Waals surface area contributed by atoms with Crippen molar-refractivity contribution >= 4 is 0 Å². The number of piperidine rings is 1. The van der Waals surface area contributed by atoms with E-state index in [2.05, 4.69) is 25.2 Å². The summed E-state index contributed by atoms with van der Waals surface area (Å²) in [6.45, 7) is 2.40. The minimum atomic E-state index is 0.257. The third-order valence-corrected chi connectivity index (χ3v) is 4.74. The van der Waals surface area contributed by atoms with E-state index in [4.69, 9.17) is 9.26 Å². The third-order valence-electron chi connectivity index (χ3n) is 4.74. The Balaban J connectivity index is 1.51. The monoisotopic (exact) mass is 317 g/mol. The first-order valence-corrected chi connectivity index (χ1v) is 8.42. The third kappa shape index (κ3) is 3.16. The van der Waals surface area contributed by atoms with Crippen LogP contribution in [-0.4, -0.2) is 38.9 Å². The Morgan fingerprint density at radius 2 is 2.26 bits per heavy atom. The molecule has 7 nitrogen and oxygen atoms in total. The zero-order chi connectivity index (χ0) is 15.6. The minimum Gasteiger partial charge on any atom is -0.377 e. The number of rotatable bonds is 6. The molecule has 7 heteroatoms. The summed E-state index contributed by atoms with van der Waals surface area (Å²) in [6.07, 6.45) is 7.87. The van der Waals surface area contributed by atoms with Gasteiger partial charge < -0.3 is 9.26 Å². The number of methoxy groups -OCH3 is 1. The zero-order valence-electron chi connectivity index (χ0n) is 13.5. The molecular formula is C16H23N5O2. The van der Waals surface area contributed by atoms with Gasteiger partial charge in [-0.2, -0.15) is 5.10 Å². The van der Waals surface area contributed by atoms with Crippen LogP contribution in [0.1, 0.15) is 67.0 Å². The van der Waals surface area contributed by atoms with Crippen molar-refractivity contribution in [3.05, 3.63) is 29.2 Å². The van der Waals surface area contributed by atoms with Crippen molar-refractivity contribution < 1.29 is 9.26 Å². The predicted octanol–water partition coefficient (Wildman–Crippen LogP) is 2.54. The first kappa shape index (κ1) is 14.8. The molecule has 4 rings (SSSR count). The Kier molecular flexibility index (Phi) is 4.13. The molecule has 124 valence electrons. The lowest BCUT2D eigenvalue weighted by Gasteiger charge is -2.33. The molecular weight excluding hydrogens is 294 g/mol. The van der Waals surface area contributed by atoms with Crippen molar-refractivity contribution in [2.24, 2.45) is 0 Å². The zero-order valence-corrected chi connectivity index (χ0v) is 13.5. The molecule has 2 aromatic rings. The smallest absolute Gasteiger partial charge is 0.167 e. The highest BCUT2D eigenvalue weighted by molar-refractivity contribution is 5.22. The number of H-pyrrole nitrogens is 1. The maximum Gasteiger partial charge on any atom is 0.167 e. The van der Waals surface area contributed by atoms with E-state index in [0.29, 0.717) is 12.5 Å². The molecule has 0 amide bonds. The average molecular weight is 317 g/mol. The second-order valence-electron chi connectivity index (χ2n) is 6.54. The number of nitrogens with zero attached hydrogens (tertiary/aromatic N) is 4. The largest absolute Gasteiger partial charge is 0.377 e. The van der Waals surface area contributed by atoms with Crippen molar-refractivity contribution in [2.45, 2.75) is 57.2 Å². The molecule has 2 fully saturated rings. The normalized spacial score (nSPS) is 22.6. The van der Waals surface area contributed by atoms with Gasteiger partial charge in [0.25, 0.3) is 0 Å². The van der Waals surface area contributed by atoms with E-state index in [9.17, 15) is 0 Å². The summed E-state index contributed by atoms with van der Waals surface area (Å²) in [4.78, 5) is 7.06. The number of nitrogens with one attached hydrogen (secondary N) is 1. The van der Waals surface area contributed by atoms with E-state index < -0.39 is 0 Å². The number of likely N-dealkylation sites (tertiary alicyclic amines) is 1. The van der Waals surface area contributed by atoms with E-state index in [-0.39, 0.29) is 6.04 Å². The molecule has 1 saturated heterocycles. The van der Waals surface area contributed by atoms with Crippen molar-refractivity contribution in [3.63, 3.8) is 0 Å². The number of ether oxygens (including phenoxy) is 1. The van der Waals surface area contributed by atoms with Crippen LogP contribution in [0.15, 0.2) is 10.7 Å². The maximum absolute atomic E-state index is 5.48. The fourth-order valence-corrected chi connectivity index (χ4v) is 3.42. The van der Waals surface area contributed by atoms with Crippen molar-refractivity contribution in [1.82, 2.24) is 25.2 Å². The molecule has 1 saturated carbocycles. The molecule has 1 aliphatic carbocycles. The van der Waals surface area contributed by atoms with Crippen molar-refractivity contribution in [1.29, 1.82) is 0 Å². The summed E-state index contributed by atoms with van der Waals surface area (Å²) in [5.74, 6) is 3.34. The summed E-state index contributed by atoms with van der Waals surface area (Å²) >= 11 is 0. The van der Waals surface area contributed by atoms with Crippen LogP contribution < -0.4 is 0 Å². The van der Waals surface area contributed by atoms with Gasteiger partial charge in [0.2, 0.25) is 0 Å². The number of aromatic amines is 1. The Bertz CT molecular complexity index is 648. The maximum atomic E-state index is 5.48. The van der Waals surface area contributed by atoms with E-state index in [1.54, 1.807) is 7.11 Å². The molecule has 0 spiro atoms. The fourth-order valence-electron chi connectivity index (χ4n) is 3.42. The van der Waals surface area contributed by atoms with Crippen LogP contribution in [0.5, 0.6) is 0 Å². The van der Waals surface area contributed by atoms with Crippen LogP contribution in [0.4, 0.5) is 0 Å². The molecule has 2 aromatic heterocycles. The van der Waals surface area contributed by atoms with Gasteiger partial charge in [-0.1, -0.05) is 11.6 Å². The van der Waals surface area contributed by atoms with Gasteiger partial charge in [0.05, 0.1) is 12.2 Å². The fraction of sp³-hybridized carbons (Fsp3) is 0.688. The second kappa shape index (κ2) is 6.41. The SMILES string of the molecule is COCc1nc([C@@H]2CCCCN2Cc2cnoc2C2CC2)n[nH]1. The Labute approximate surface area is 135 Å². The van der Waals surface area contributed by atoms with Gasteiger partial charge in [0, 0.05) is 25.1 Å². The predicted molar refractivity (Wildman–Crippen MR) is 82.6 cm³/mol. The molecule has 3 heterocycles. The second-order valence-corrected chi connectivity index (χ2v) is 6.54. The Hall–Kier alpha value is -1.73. The first-order chi connectivity index (χ1) is 11.3. The molecule has 0 aromatic carbocycles. The van der Waals surface area contributed by atoms with Crippen LogP contribution in [0.3, 0.4) is 0 Å². The van der Waals surface area contributed by atoms with E-state index in [1.165, 1.54) is 31.2 Å². The average Bonchev–Trinajstić information content (AvgIpc) is 3.13.